The first-order valence-electron chi connectivity index (χ1n) is 5.90. The summed E-state index contributed by atoms with van der Waals surface area (Å²) in [6, 6.07) is 8.12. The minimum Gasteiger partial charge on any atom is -0.496 e. The van der Waals surface area contributed by atoms with Crippen molar-refractivity contribution in [2.45, 2.75) is 19.4 Å². The number of rotatable bonds is 6. The molecule has 1 atom stereocenters. The van der Waals surface area contributed by atoms with Crippen molar-refractivity contribution >= 4 is 5.91 Å². The average molecular weight is 251 g/mol. The molecular weight excluding hydrogens is 230 g/mol. The van der Waals surface area contributed by atoms with E-state index in [-0.39, 0.29) is 18.5 Å². The molecule has 0 aliphatic heterocycles. The number of benzene rings is 1. The number of ether oxygens (including phenoxy) is 1. The van der Waals surface area contributed by atoms with Crippen LogP contribution in [-0.2, 0) is 11.2 Å². The fraction of sp³-hybridized carbons (Fsp3) is 0.462. The lowest BCUT2D eigenvalue weighted by atomic mass is 10.1. The third-order valence-corrected chi connectivity index (χ3v) is 3.01. The highest BCUT2D eigenvalue weighted by molar-refractivity contribution is 5.77. The van der Waals surface area contributed by atoms with Crippen LogP contribution in [0.15, 0.2) is 24.3 Å². The topological polar surface area (TPSA) is 67.6 Å². The molecule has 0 fully saturated rings. The Morgan fingerprint density at radius 1 is 1.50 bits per heavy atom. The summed E-state index contributed by atoms with van der Waals surface area (Å²) >= 11 is 0. The Bertz CT molecular complexity index is 396. The molecule has 5 nitrogen and oxygen atoms in total. The smallest absolute Gasteiger partial charge is 0.248 e. The van der Waals surface area contributed by atoms with Crippen LogP contribution in [-0.4, -0.2) is 37.6 Å². The third kappa shape index (κ3) is 4.01. The van der Waals surface area contributed by atoms with Gasteiger partial charge in [0.05, 0.1) is 13.7 Å². The molecule has 0 heterocycles. The first-order valence-corrected chi connectivity index (χ1v) is 5.90. The molecule has 0 bridgehead atoms. The van der Waals surface area contributed by atoms with Crippen LogP contribution in [0.25, 0.3) is 0 Å². The summed E-state index contributed by atoms with van der Waals surface area (Å²) < 4.78 is 5.31. The quantitative estimate of drug-likeness (QED) is 0.440. The molecule has 0 spiro atoms. The minimum atomic E-state index is -0.190. The molecule has 0 aliphatic carbocycles. The second-order valence-electron chi connectivity index (χ2n) is 4.35. The molecule has 3 N–H and O–H groups in total. The largest absolute Gasteiger partial charge is 0.496 e. The van der Waals surface area contributed by atoms with E-state index in [4.69, 9.17) is 10.6 Å². The first-order chi connectivity index (χ1) is 8.58. The van der Waals surface area contributed by atoms with Gasteiger partial charge in [-0.15, -0.1) is 0 Å². The molecule has 1 unspecified atom stereocenters. The Hall–Kier alpha value is -1.59. The number of para-hydroxylation sites is 1. The second-order valence-corrected chi connectivity index (χ2v) is 4.35. The molecule has 0 saturated heterocycles. The highest BCUT2D eigenvalue weighted by Gasteiger charge is 2.14. The van der Waals surface area contributed by atoms with Crippen molar-refractivity contribution in [1.29, 1.82) is 0 Å². The zero-order valence-corrected chi connectivity index (χ0v) is 11.1. The van der Waals surface area contributed by atoms with Crippen LogP contribution >= 0.6 is 0 Å². The van der Waals surface area contributed by atoms with Crippen molar-refractivity contribution in [3.8, 4) is 5.75 Å². The van der Waals surface area contributed by atoms with Crippen LogP contribution in [0.5, 0.6) is 5.75 Å². The van der Waals surface area contributed by atoms with E-state index in [0.29, 0.717) is 0 Å². The van der Waals surface area contributed by atoms with Gasteiger partial charge in [-0.25, -0.2) is 5.84 Å². The monoisotopic (exact) mass is 251 g/mol. The molecule has 1 rings (SSSR count). The summed E-state index contributed by atoms with van der Waals surface area (Å²) in [4.78, 5) is 13.2. The van der Waals surface area contributed by atoms with Gasteiger partial charge in [-0.2, -0.15) is 0 Å². The fourth-order valence-corrected chi connectivity index (χ4v) is 1.77. The first kappa shape index (κ1) is 14.5. The molecule has 1 aromatic rings. The number of methoxy groups -OCH3 is 1. The number of hydrogen-bond acceptors (Lipinski definition) is 4. The van der Waals surface area contributed by atoms with Crippen LogP contribution in [0, 0.1) is 0 Å². The molecule has 18 heavy (non-hydrogen) atoms. The summed E-state index contributed by atoms with van der Waals surface area (Å²) in [6.45, 7) is 2.35. The Morgan fingerprint density at radius 3 is 2.78 bits per heavy atom. The van der Waals surface area contributed by atoms with Crippen molar-refractivity contribution in [2.75, 3.05) is 20.7 Å². The highest BCUT2D eigenvalue weighted by Crippen LogP contribution is 2.19. The second kappa shape index (κ2) is 6.98. The number of nitrogens with one attached hydrogen (secondary N) is 1. The van der Waals surface area contributed by atoms with Gasteiger partial charge in [-0.1, -0.05) is 18.2 Å². The van der Waals surface area contributed by atoms with Gasteiger partial charge in [-0.3, -0.25) is 15.1 Å². The van der Waals surface area contributed by atoms with E-state index in [9.17, 15) is 4.79 Å². The van der Waals surface area contributed by atoms with Crippen molar-refractivity contribution in [3.63, 3.8) is 0 Å². The Morgan fingerprint density at radius 2 is 2.17 bits per heavy atom. The lowest BCUT2D eigenvalue weighted by Gasteiger charge is -2.24. The van der Waals surface area contributed by atoms with Crippen LogP contribution in [0.3, 0.4) is 0 Å². The van der Waals surface area contributed by atoms with Crippen LogP contribution in [0.4, 0.5) is 0 Å². The molecule has 0 radical (unpaired) electrons. The number of carbonyl (C=O) groups excluding carboxylic acids is 1. The standard InChI is InChI=1S/C13H21N3O2/c1-10(16(2)9-13(17)15-14)8-11-6-4-5-7-12(11)18-3/h4-7,10H,8-9,14H2,1-3H3,(H,15,17). The van der Waals surface area contributed by atoms with Crippen molar-refractivity contribution < 1.29 is 9.53 Å². The molecule has 0 aromatic heterocycles. The number of carbonyl (C=O) groups is 1. The molecule has 5 heteroatoms. The van der Waals surface area contributed by atoms with Crippen LogP contribution in [0.2, 0.25) is 0 Å². The van der Waals surface area contributed by atoms with Gasteiger partial charge in [0.15, 0.2) is 0 Å². The summed E-state index contributed by atoms with van der Waals surface area (Å²) in [5.74, 6) is 5.76. The SMILES string of the molecule is COc1ccccc1CC(C)N(C)CC(=O)NN. The molecule has 1 amide bonds. The third-order valence-electron chi connectivity index (χ3n) is 3.01. The Balaban J connectivity index is 2.63. The van der Waals surface area contributed by atoms with E-state index in [1.54, 1.807) is 7.11 Å². The number of hydrazine groups is 1. The molecule has 100 valence electrons. The zero-order valence-electron chi connectivity index (χ0n) is 11.1. The van der Waals surface area contributed by atoms with Crippen molar-refractivity contribution in [3.05, 3.63) is 29.8 Å². The van der Waals surface area contributed by atoms with Crippen LogP contribution < -0.4 is 16.0 Å². The number of hydrogen-bond donors (Lipinski definition) is 2. The fourth-order valence-electron chi connectivity index (χ4n) is 1.77. The number of amides is 1. The van der Waals surface area contributed by atoms with E-state index in [1.807, 2.05) is 36.2 Å². The predicted octanol–water partition coefficient (Wildman–Crippen LogP) is 0.548. The van der Waals surface area contributed by atoms with Gasteiger partial charge < -0.3 is 4.74 Å². The molecule has 1 aromatic carbocycles. The highest BCUT2D eigenvalue weighted by atomic mass is 16.5. The zero-order chi connectivity index (χ0) is 13.5. The predicted molar refractivity (Wildman–Crippen MR) is 71.1 cm³/mol. The van der Waals surface area contributed by atoms with Gasteiger partial charge in [0.2, 0.25) is 5.91 Å². The summed E-state index contributed by atoms with van der Waals surface area (Å²) in [5, 5.41) is 0. The summed E-state index contributed by atoms with van der Waals surface area (Å²) in [6.07, 6.45) is 0.818. The van der Waals surface area contributed by atoms with E-state index in [2.05, 4.69) is 12.3 Å². The van der Waals surface area contributed by atoms with Crippen molar-refractivity contribution in [2.24, 2.45) is 5.84 Å². The van der Waals surface area contributed by atoms with E-state index in [1.165, 1.54) is 0 Å². The lowest BCUT2D eigenvalue weighted by molar-refractivity contribution is -0.122. The van der Waals surface area contributed by atoms with Gasteiger partial charge >= 0.3 is 0 Å². The number of likely N-dealkylation sites (N-methyl/N-ethyl adjacent to an activating group) is 1. The number of nitrogens with two attached hydrogens (primary N) is 1. The molecule has 0 aliphatic rings. The maximum absolute atomic E-state index is 11.2. The lowest BCUT2D eigenvalue weighted by Crippen LogP contribution is -2.42. The van der Waals surface area contributed by atoms with Gasteiger partial charge in [0, 0.05) is 6.04 Å². The van der Waals surface area contributed by atoms with Crippen LogP contribution in [0.1, 0.15) is 12.5 Å². The van der Waals surface area contributed by atoms with E-state index in [0.717, 1.165) is 17.7 Å². The van der Waals surface area contributed by atoms with Crippen molar-refractivity contribution in [1.82, 2.24) is 10.3 Å². The molecule has 0 saturated carbocycles. The Labute approximate surface area is 108 Å². The maximum atomic E-state index is 11.2. The minimum absolute atomic E-state index is 0.190. The van der Waals surface area contributed by atoms with E-state index >= 15 is 0 Å². The van der Waals surface area contributed by atoms with Gasteiger partial charge in [0.25, 0.3) is 0 Å². The Kier molecular flexibility index (Phi) is 5.61. The molecular formula is C13H21N3O2. The number of nitrogens with zero attached hydrogens (tertiary/aromatic N) is 1. The normalized spacial score (nSPS) is 12.3. The average Bonchev–Trinajstić information content (AvgIpc) is 2.39. The maximum Gasteiger partial charge on any atom is 0.248 e. The summed E-state index contributed by atoms with van der Waals surface area (Å²) in [7, 11) is 3.56. The summed E-state index contributed by atoms with van der Waals surface area (Å²) in [5.41, 5.74) is 3.26. The van der Waals surface area contributed by atoms with Gasteiger partial charge in [-0.05, 0) is 32.0 Å². The van der Waals surface area contributed by atoms with Gasteiger partial charge in [0.1, 0.15) is 5.75 Å². The van der Waals surface area contributed by atoms with E-state index < -0.39 is 0 Å².